The molecule has 0 radical (unpaired) electrons. The van der Waals surface area contributed by atoms with Gasteiger partial charge in [0.25, 0.3) is 5.91 Å². The second kappa shape index (κ2) is 10.1. The van der Waals surface area contributed by atoms with Gasteiger partial charge in [0, 0.05) is 32.7 Å². The summed E-state index contributed by atoms with van der Waals surface area (Å²) in [5.41, 5.74) is 1.48. The van der Waals surface area contributed by atoms with Crippen LogP contribution in [0.15, 0.2) is 48.5 Å². The van der Waals surface area contributed by atoms with Gasteiger partial charge in [0.05, 0.1) is 7.11 Å². The highest BCUT2D eigenvalue weighted by Crippen LogP contribution is 2.38. The van der Waals surface area contributed by atoms with E-state index in [1.807, 2.05) is 55.1 Å². The maximum Gasteiger partial charge on any atom is 0.327 e. The van der Waals surface area contributed by atoms with Crippen molar-refractivity contribution < 1.29 is 19.4 Å². The molecule has 7 nitrogen and oxygen atoms in total. The van der Waals surface area contributed by atoms with Crippen LogP contribution in [-0.2, 0) is 17.8 Å². The average molecular weight is 466 g/mol. The number of imide groups is 1. The van der Waals surface area contributed by atoms with Crippen molar-refractivity contribution in [3.63, 3.8) is 0 Å². The molecule has 2 heterocycles. The first-order chi connectivity index (χ1) is 16.3. The van der Waals surface area contributed by atoms with Crippen molar-refractivity contribution in [2.45, 2.75) is 45.2 Å². The third kappa shape index (κ3) is 4.89. The third-order valence-electron chi connectivity index (χ3n) is 6.98. The van der Waals surface area contributed by atoms with E-state index in [2.05, 4.69) is 4.90 Å². The monoisotopic (exact) mass is 465 g/mol. The van der Waals surface area contributed by atoms with Crippen LogP contribution in [0, 0.1) is 5.92 Å². The Hall–Kier alpha value is -3.06. The molecule has 0 saturated carbocycles. The zero-order valence-corrected chi connectivity index (χ0v) is 20.4. The molecule has 2 aliphatic heterocycles. The lowest BCUT2D eigenvalue weighted by molar-refractivity contribution is -0.136. The van der Waals surface area contributed by atoms with Crippen LogP contribution in [0.1, 0.15) is 37.8 Å². The number of carbonyl (C=O) groups is 2. The van der Waals surface area contributed by atoms with E-state index in [-0.39, 0.29) is 23.6 Å². The van der Waals surface area contributed by atoms with Crippen molar-refractivity contribution in [3.05, 3.63) is 59.7 Å². The predicted molar refractivity (Wildman–Crippen MR) is 131 cm³/mol. The number of benzene rings is 2. The Morgan fingerprint density at radius 2 is 1.59 bits per heavy atom. The molecule has 2 aliphatic rings. The van der Waals surface area contributed by atoms with E-state index in [1.54, 1.807) is 19.2 Å². The number of urea groups is 1. The Labute approximate surface area is 201 Å². The summed E-state index contributed by atoms with van der Waals surface area (Å²) in [6.07, 6.45) is 1.96. The van der Waals surface area contributed by atoms with Gasteiger partial charge < -0.3 is 14.7 Å². The molecule has 0 aliphatic carbocycles. The minimum atomic E-state index is -0.760. The Balaban J connectivity index is 1.49. The van der Waals surface area contributed by atoms with Crippen LogP contribution < -0.4 is 4.74 Å². The van der Waals surface area contributed by atoms with Crippen LogP contribution in [-0.4, -0.2) is 70.6 Å². The van der Waals surface area contributed by atoms with Gasteiger partial charge in [-0.2, -0.15) is 0 Å². The second-order valence-electron chi connectivity index (χ2n) is 9.82. The number of carbonyl (C=O) groups excluding carboxylic acids is 2. The van der Waals surface area contributed by atoms with Crippen LogP contribution >= 0.6 is 0 Å². The summed E-state index contributed by atoms with van der Waals surface area (Å²) >= 11 is 0. The first-order valence-electron chi connectivity index (χ1n) is 12.1. The lowest BCUT2D eigenvalue weighted by atomic mass is 9.85. The van der Waals surface area contributed by atoms with E-state index < -0.39 is 5.54 Å². The molecule has 1 spiro atoms. The fourth-order valence-electron chi connectivity index (χ4n) is 5.08. The molecule has 2 fully saturated rings. The SMILES string of the molecule is COc1ccc(CCN2C(=O)N(CC(C)C)C(=O)C23CCN(Cc2ccc(O)cc2)CC3)cc1. The Kier molecular flexibility index (Phi) is 7.12. The zero-order valence-electron chi connectivity index (χ0n) is 20.4. The smallest absolute Gasteiger partial charge is 0.327 e. The molecule has 0 unspecified atom stereocenters. The molecule has 182 valence electrons. The number of piperidine rings is 1. The fraction of sp³-hybridized carbons (Fsp3) is 0.481. The maximum absolute atomic E-state index is 13.6. The number of rotatable bonds is 8. The summed E-state index contributed by atoms with van der Waals surface area (Å²) in [5, 5.41) is 9.53. The van der Waals surface area contributed by atoms with E-state index in [4.69, 9.17) is 4.74 Å². The summed E-state index contributed by atoms with van der Waals surface area (Å²) in [5.74, 6) is 1.25. The number of hydrogen-bond donors (Lipinski definition) is 1. The fourth-order valence-corrected chi connectivity index (χ4v) is 5.08. The second-order valence-corrected chi connectivity index (χ2v) is 9.82. The number of likely N-dealkylation sites (tertiary alicyclic amines) is 1. The Morgan fingerprint density at radius 3 is 2.18 bits per heavy atom. The molecule has 0 aromatic heterocycles. The van der Waals surface area contributed by atoms with E-state index in [0.717, 1.165) is 36.5 Å². The van der Waals surface area contributed by atoms with Crippen molar-refractivity contribution >= 4 is 11.9 Å². The Bertz CT molecular complexity index is 996. The molecule has 0 atom stereocenters. The minimum Gasteiger partial charge on any atom is -0.508 e. The van der Waals surface area contributed by atoms with Crippen molar-refractivity contribution in [3.8, 4) is 11.5 Å². The van der Waals surface area contributed by atoms with Crippen molar-refractivity contribution in [2.75, 3.05) is 33.3 Å². The number of aromatic hydroxyl groups is 1. The standard InChI is InChI=1S/C27H35N3O4/c1-20(2)18-29-25(32)27(13-16-28(17-14-27)19-22-4-8-23(31)9-5-22)30(26(29)33)15-12-21-6-10-24(34-3)11-7-21/h4-11,20,31H,12-19H2,1-3H3. The summed E-state index contributed by atoms with van der Waals surface area (Å²) < 4.78 is 5.24. The van der Waals surface area contributed by atoms with Gasteiger partial charge in [0.2, 0.25) is 0 Å². The molecular weight excluding hydrogens is 430 g/mol. The zero-order chi connectivity index (χ0) is 24.3. The summed E-state index contributed by atoms with van der Waals surface area (Å²) in [7, 11) is 1.64. The number of methoxy groups -OCH3 is 1. The van der Waals surface area contributed by atoms with Gasteiger partial charge in [-0.3, -0.25) is 14.6 Å². The van der Waals surface area contributed by atoms with Gasteiger partial charge in [0.1, 0.15) is 17.0 Å². The number of phenolic OH excluding ortho intramolecular Hbond substituents is 1. The van der Waals surface area contributed by atoms with Gasteiger partial charge in [-0.15, -0.1) is 0 Å². The molecule has 4 rings (SSSR count). The highest BCUT2D eigenvalue weighted by Gasteiger charge is 2.57. The first-order valence-corrected chi connectivity index (χ1v) is 12.1. The molecular formula is C27H35N3O4. The van der Waals surface area contributed by atoms with Crippen LogP contribution in [0.4, 0.5) is 4.79 Å². The molecule has 3 amide bonds. The summed E-state index contributed by atoms with van der Waals surface area (Å²) in [4.78, 5) is 32.7. The van der Waals surface area contributed by atoms with Gasteiger partial charge in [-0.1, -0.05) is 38.1 Å². The normalized spacial score (nSPS) is 18.4. The molecule has 2 aromatic rings. The van der Waals surface area contributed by atoms with Gasteiger partial charge in [-0.05, 0) is 60.6 Å². The molecule has 7 heteroatoms. The third-order valence-corrected chi connectivity index (χ3v) is 6.98. The quantitative estimate of drug-likeness (QED) is 0.599. The summed E-state index contributed by atoms with van der Waals surface area (Å²) in [6, 6.07) is 15.0. The topological polar surface area (TPSA) is 73.3 Å². The van der Waals surface area contributed by atoms with E-state index in [1.165, 1.54) is 4.90 Å². The van der Waals surface area contributed by atoms with Gasteiger partial charge in [-0.25, -0.2) is 4.79 Å². The van der Waals surface area contributed by atoms with Gasteiger partial charge in [0.15, 0.2) is 0 Å². The lowest BCUT2D eigenvalue weighted by Gasteiger charge is -2.42. The first kappa shape index (κ1) is 24.1. The average Bonchev–Trinajstić information content (AvgIpc) is 3.01. The summed E-state index contributed by atoms with van der Waals surface area (Å²) in [6.45, 7) is 7.29. The number of nitrogens with zero attached hydrogens (tertiary/aromatic N) is 3. The van der Waals surface area contributed by atoms with Crippen LogP contribution in [0.5, 0.6) is 11.5 Å². The lowest BCUT2D eigenvalue weighted by Crippen LogP contribution is -2.56. The van der Waals surface area contributed by atoms with Crippen LogP contribution in [0.25, 0.3) is 0 Å². The highest BCUT2D eigenvalue weighted by atomic mass is 16.5. The molecule has 0 bridgehead atoms. The molecule has 34 heavy (non-hydrogen) atoms. The van der Waals surface area contributed by atoms with Crippen molar-refractivity contribution in [2.24, 2.45) is 5.92 Å². The van der Waals surface area contributed by atoms with Crippen molar-refractivity contribution in [1.82, 2.24) is 14.7 Å². The minimum absolute atomic E-state index is 0.0368. The molecule has 1 N–H and O–H groups in total. The van der Waals surface area contributed by atoms with Crippen molar-refractivity contribution in [1.29, 1.82) is 0 Å². The van der Waals surface area contributed by atoms with E-state index >= 15 is 0 Å². The van der Waals surface area contributed by atoms with Crippen LogP contribution in [0.2, 0.25) is 0 Å². The number of amides is 3. The molecule has 2 aromatic carbocycles. The largest absolute Gasteiger partial charge is 0.508 e. The predicted octanol–water partition coefficient (Wildman–Crippen LogP) is 3.90. The van der Waals surface area contributed by atoms with Crippen LogP contribution in [0.3, 0.4) is 0 Å². The van der Waals surface area contributed by atoms with E-state index in [9.17, 15) is 14.7 Å². The Morgan fingerprint density at radius 1 is 0.971 bits per heavy atom. The maximum atomic E-state index is 13.6. The highest BCUT2D eigenvalue weighted by molar-refractivity contribution is 6.07. The van der Waals surface area contributed by atoms with E-state index in [0.29, 0.717) is 32.4 Å². The molecule has 2 saturated heterocycles. The van der Waals surface area contributed by atoms with Gasteiger partial charge >= 0.3 is 6.03 Å². The number of ether oxygens (including phenoxy) is 1. The number of phenols is 1. The number of hydrogen-bond acceptors (Lipinski definition) is 5.